The normalized spacial score (nSPS) is 14.4. The molecule has 0 bridgehead atoms. The van der Waals surface area contributed by atoms with Gasteiger partial charge in [0.05, 0.1) is 11.6 Å². The number of rotatable bonds is 9. The fourth-order valence-electron chi connectivity index (χ4n) is 3.58. The zero-order chi connectivity index (χ0) is 21.3. The summed E-state index contributed by atoms with van der Waals surface area (Å²) >= 11 is 0. The summed E-state index contributed by atoms with van der Waals surface area (Å²) in [6.45, 7) is 3.07. The summed E-state index contributed by atoms with van der Waals surface area (Å²) in [5.41, 5.74) is 2.38. The van der Waals surface area contributed by atoms with Crippen LogP contribution in [0.2, 0.25) is 0 Å². The topological polar surface area (TPSA) is 75.7 Å². The van der Waals surface area contributed by atoms with E-state index in [1.807, 2.05) is 47.4 Å². The Morgan fingerprint density at radius 2 is 1.83 bits per heavy atom. The van der Waals surface area contributed by atoms with Crippen LogP contribution in [0.4, 0.5) is 0 Å². The van der Waals surface area contributed by atoms with E-state index >= 15 is 0 Å². The van der Waals surface area contributed by atoms with Crippen molar-refractivity contribution < 1.29 is 19.1 Å². The van der Waals surface area contributed by atoms with Crippen LogP contribution < -0.4 is 5.32 Å². The molecule has 1 saturated heterocycles. The predicted molar refractivity (Wildman–Crippen MR) is 114 cm³/mol. The maximum Gasteiger partial charge on any atom is 0.338 e. The Morgan fingerprint density at radius 1 is 1.10 bits per heavy atom. The molecule has 30 heavy (non-hydrogen) atoms. The van der Waals surface area contributed by atoms with E-state index in [1.165, 1.54) is 0 Å². The number of hydrogen-bond donors (Lipinski definition) is 1. The first kappa shape index (κ1) is 21.6. The van der Waals surface area contributed by atoms with Gasteiger partial charge in [-0.3, -0.25) is 9.59 Å². The van der Waals surface area contributed by atoms with Crippen molar-refractivity contribution in [2.45, 2.75) is 45.2 Å². The molecular weight excluding hydrogens is 380 g/mol. The van der Waals surface area contributed by atoms with E-state index in [0.29, 0.717) is 18.5 Å². The quantitative estimate of drug-likeness (QED) is 0.643. The van der Waals surface area contributed by atoms with Gasteiger partial charge in [0.1, 0.15) is 0 Å². The second-order valence-corrected chi connectivity index (χ2v) is 7.51. The van der Waals surface area contributed by atoms with E-state index in [9.17, 15) is 14.4 Å². The smallest absolute Gasteiger partial charge is 0.338 e. The van der Waals surface area contributed by atoms with Crippen LogP contribution in [-0.2, 0) is 20.9 Å². The predicted octanol–water partition coefficient (Wildman–Crippen LogP) is 3.62. The molecule has 6 heteroatoms. The van der Waals surface area contributed by atoms with Crippen molar-refractivity contribution >= 4 is 17.8 Å². The SMILES string of the molecule is CCC[C@H](NC(=O)COC(=O)c1ccc(CN2CCCC2=O)cc1)c1ccccc1. The van der Waals surface area contributed by atoms with E-state index in [1.54, 1.807) is 12.1 Å². The molecule has 2 aromatic rings. The number of nitrogens with zero attached hydrogens (tertiary/aromatic N) is 1. The Hall–Kier alpha value is -3.15. The largest absolute Gasteiger partial charge is 0.452 e. The van der Waals surface area contributed by atoms with Crippen molar-refractivity contribution in [2.75, 3.05) is 13.2 Å². The van der Waals surface area contributed by atoms with Crippen LogP contribution >= 0.6 is 0 Å². The van der Waals surface area contributed by atoms with Gasteiger partial charge in [0.2, 0.25) is 5.91 Å². The van der Waals surface area contributed by atoms with Crippen molar-refractivity contribution in [3.8, 4) is 0 Å². The van der Waals surface area contributed by atoms with Gasteiger partial charge in [-0.2, -0.15) is 0 Å². The van der Waals surface area contributed by atoms with Crippen molar-refractivity contribution in [1.29, 1.82) is 0 Å². The van der Waals surface area contributed by atoms with E-state index in [-0.39, 0.29) is 24.5 Å². The molecule has 0 saturated carbocycles. The molecule has 0 aromatic heterocycles. The molecule has 1 N–H and O–H groups in total. The van der Waals surface area contributed by atoms with Gasteiger partial charge in [0.15, 0.2) is 6.61 Å². The molecule has 0 radical (unpaired) electrons. The van der Waals surface area contributed by atoms with Gasteiger partial charge in [-0.25, -0.2) is 4.79 Å². The van der Waals surface area contributed by atoms with Crippen LogP contribution in [-0.4, -0.2) is 35.8 Å². The average Bonchev–Trinajstić information content (AvgIpc) is 3.17. The molecule has 1 aliphatic rings. The summed E-state index contributed by atoms with van der Waals surface area (Å²) in [6.07, 6.45) is 3.24. The van der Waals surface area contributed by atoms with E-state index in [0.717, 1.165) is 36.9 Å². The lowest BCUT2D eigenvalue weighted by atomic mass is 10.0. The Kier molecular flexibility index (Phi) is 7.60. The molecule has 1 heterocycles. The molecule has 1 fully saturated rings. The minimum absolute atomic E-state index is 0.102. The molecule has 0 spiro atoms. The van der Waals surface area contributed by atoms with Gasteiger partial charge in [0.25, 0.3) is 5.91 Å². The Bertz CT molecular complexity index is 865. The number of ether oxygens (including phenoxy) is 1. The zero-order valence-electron chi connectivity index (χ0n) is 17.3. The number of amides is 2. The Labute approximate surface area is 177 Å². The average molecular weight is 408 g/mol. The number of nitrogens with one attached hydrogen (secondary N) is 1. The van der Waals surface area contributed by atoms with Crippen molar-refractivity contribution in [1.82, 2.24) is 10.2 Å². The van der Waals surface area contributed by atoms with Crippen LogP contribution in [0.1, 0.15) is 60.1 Å². The molecule has 6 nitrogen and oxygen atoms in total. The van der Waals surface area contributed by atoms with Crippen LogP contribution in [0.15, 0.2) is 54.6 Å². The monoisotopic (exact) mass is 408 g/mol. The van der Waals surface area contributed by atoms with Crippen LogP contribution in [0, 0.1) is 0 Å². The number of carbonyl (C=O) groups excluding carboxylic acids is 3. The van der Waals surface area contributed by atoms with E-state index in [2.05, 4.69) is 12.2 Å². The second kappa shape index (κ2) is 10.6. The third-order valence-electron chi connectivity index (χ3n) is 5.18. The first-order valence-corrected chi connectivity index (χ1v) is 10.4. The van der Waals surface area contributed by atoms with Gasteiger partial charge >= 0.3 is 5.97 Å². The highest BCUT2D eigenvalue weighted by Gasteiger charge is 2.20. The fraction of sp³-hybridized carbons (Fsp3) is 0.375. The van der Waals surface area contributed by atoms with Crippen molar-refractivity contribution in [3.05, 3.63) is 71.3 Å². The molecule has 1 aliphatic heterocycles. The van der Waals surface area contributed by atoms with Crippen molar-refractivity contribution in [2.24, 2.45) is 0 Å². The molecule has 2 aromatic carbocycles. The summed E-state index contributed by atoms with van der Waals surface area (Å²) in [6, 6.07) is 16.6. The molecular formula is C24H28N2O4. The number of benzene rings is 2. The zero-order valence-corrected chi connectivity index (χ0v) is 17.3. The second-order valence-electron chi connectivity index (χ2n) is 7.51. The molecule has 0 unspecified atom stereocenters. The highest BCUT2D eigenvalue weighted by Crippen LogP contribution is 2.18. The summed E-state index contributed by atoms with van der Waals surface area (Å²) < 4.78 is 5.18. The van der Waals surface area contributed by atoms with E-state index in [4.69, 9.17) is 4.74 Å². The van der Waals surface area contributed by atoms with Crippen LogP contribution in [0.5, 0.6) is 0 Å². The summed E-state index contributed by atoms with van der Waals surface area (Å²) in [5, 5.41) is 2.94. The summed E-state index contributed by atoms with van der Waals surface area (Å²) in [7, 11) is 0. The molecule has 158 valence electrons. The standard InChI is InChI=1S/C24H28N2O4/c1-2-7-21(19-8-4-3-5-9-19)25-22(27)17-30-24(29)20-13-11-18(12-14-20)16-26-15-6-10-23(26)28/h3-5,8-9,11-14,21H,2,6-7,10,15-17H2,1H3,(H,25,27)/t21-/m0/s1. The summed E-state index contributed by atoms with van der Waals surface area (Å²) in [4.78, 5) is 38.1. The lowest BCUT2D eigenvalue weighted by Crippen LogP contribution is -2.32. The van der Waals surface area contributed by atoms with Crippen LogP contribution in [0.25, 0.3) is 0 Å². The number of esters is 1. The number of carbonyl (C=O) groups is 3. The summed E-state index contributed by atoms with van der Waals surface area (Å²) in [5.74, 6) is -0.697. The maximum atomic E-state index is 12.3. The minimum Gasteiger partial charge on any atom is -0.452 e. The third kappa shape index (κ3) is 5.92. The lowest BCUT2D eigenvalue weighted by Gasteiger charge is -2.18. The first-order chi connectivity index (χ1) is 14.6. The first-order valence-electron chi connectivity index (χ1n) is 10.4. The number of likely N-dealkylation sites (tertiary alicyclic amines) is 1. The van der Waals surface area contributed by atoms with E-state index < -0.39 is 5.97 Å². The van der Waals surface area contributed by atoms with Gasteiger partial charge in [-0.05, 0) is 36.1 Å². The van der Waals surface area contributed by atoms with Gasteiger partial charge in [-0.15, -0.1) is 0 Å². The molecule has 3 rings (SSSR count). The maximum absolute atomic E-state index is 12.3. The highest BCUT2D eigenvalue weighted by atomic mass is 16.5. The van der Waals surface area contributed by atoms with Crippen LogP contribution in [0.3, 0.4) is 0 Å². The fourth-order valence-corrected chi connectivity index (χ4v) is 3.58. The molecule has 1 atom stereocenters. The lowest BCUT2D eigenvalue weighted by molar-refractivity contribution is -0.128. The Morgan fingerprint density at radius 3 is 2.47 bits per heavy atom. The number of hydrogen-bond acceptors (Lipinski definition) is 4. The van der Waals surface area contributed by atoms with Gasteiger partial charge < -0.3 is 15.0 Å². The third-order valence-corrected chi connectivity index (χ3v) is 5.18. The van der Waals surface area contributed by atoms with Crippen molar-refractivity contribution in [3.63, 3.8) is 0 Å². The van der Waals surface area contributed by atoms with Gasteiger partial charge in [-0.1, -0.05) is 55.8 Å². The minimum atomic E-state index is -0.541. The highest BCUT2D eigenvalue weighted by molar-refractivity contribution is 5.91. The Balaban J connectivity index is 1.49. The van der Waals surface area contributed by atoms with Gasteiger partial charge in [0, 0.05) is 19.5 Å². The molecule has 2 amide bonds. The molecule has 0 aliphatic carbocycles.